The van der Waals surface area contributed by atoms with Crippen molar-refractivity contribution in [1.82, 2.24) is 4.31 Å². The van der Waals surface area contributed by atoms with Crippen molar-refractivity contribution >= 4 is 38.6 Å². The molecule has 5 nitrogen and oxygen atoms in total. The van der Waals surface area contributed by atoms with Gasteiger partial charge in [0, 0.05) is 20.2 Å². The number of methoxy groups -OCH3 is 1. The summed E-state index contributed by atoms with van der Waals surface area (Å²) in [6.07, 6.45) is 0. The van der Waals surface area contributed by atoms with Crippen molar-refractivity contribution in [1.29, 1.82) is 0 Å². The molecule has 18 heavy (non-hydrogen) atoms. The van der Waals surface area contributed by atoms with Crippen molar-refractivity contribution in [3.63, 3.8) is 0 Å². The van der Waals surface area contributed by atoms with Gasteiger partial charge in [0.05, 0.1) is 11.5 Å². The summed E-state index contributed by atoms with van der Waals surface area (Å²) >= 11 is 5.91. The lowest BCUT2D eigenvalue weighted by molar-refractivity contribution is 0.180. The topological polar surface area (TPSA) is 72.6 Å². The summed E-state index contributed by atoms with van der Waals surface area (Å²) in [5, 5.41) is 0. The van der Waals surface area contributed by atoms with Gasteiger partial charge < -0.3 is 10.5 Å². The highest BCUT2D eigenvalue weighted by Crippen LogP contribution is 2.24. The fourth-order valence-electron chi connectivity index (χ4n) is 1.36. The van der Waals surface area contributed by atoms with Gasteiger partial charge in [-0.25, -0.2) is 8.42 Å². The van der Waals surface area contributed by atoms with Gasteiger partial charge in [0.2, 0.25) is 0 Å². The molecule has 1 heterocycles. The third-order valence-corrected chi connectivity index (χ3v) is 6.23. The summed E-state index contributed by atoms with van der Waals surface area (Å²) in [6, 6.07) is 3.16. The third kappa shape index (κ3) is 3.48. The van der Waals surface area contributed by atoms with E-state index in [0.29, 0.717) is 24.6 Å². The van der Waals surface area contributed by atoms with Gasteiger partial charge in [-0.15, -0.1) is 11.3 Å². The molecule has 0 aromatic carbocycles. The number of sulfonamides is 1. The fraction of sp³-hybridized carbons (Fsp3) is 0.500. The van der Waals surface area contributed by atoms with Crippen LogP contribution in [0.5, 0.6) is 0 Å². The van der Waals surface area contributed by atoms with Gasteiger partial charge >= 0.3 is 0 Å². The van der Waals surface area contributed by atoms with E-state index in [9.17, 15) is 8.42 Å². The van der Waals surface area contributed by atoms with Gasteiger partial charge in [0.25, 0.3) is 10.0 Å². The highest BCUT2D eigenvalue weighted by Gasteiger charge is 2.24. The molecule has 0 unspecified atom stereocenters. The maximum Gasteiger partial charge on any atom is 0.252 e. The highest BCUT2D eigenvalue weighted by atomic mass is 32.2. The van der Waals surface area contributed by atoms with Crippen LogP contribution in [0, 0.1) is 0 Å². The Hall–Kier alpha value is -0.540. The molecule has 0 saturated carbocycles. The molecule has 0 bridgehead atoms. The van der Waals surface area contributed by atoms with Crippen molar-refractivity contribution < 1.29 is 13.2 Å². The molecule has 1 rings (SSSR count). The Balaban J connectivity index is 2.99. The first-order valence-corrected chi connectivity index (χ1v) is 7.98. The Morgan fingerprint density at radius 1 is 1.56 bits per heavy atom. The summed E-state index contributed by atoms with van der Waals surface area (Å²) < 4.78 is 31.1. The minimum Gasteiger partial charge on any atom is -0.389 e. The van der Waals surface area contributed by atoms with Crippen LogP contribution in [0.25, 0.3) is 0 Å². The predicted molar refractivity (Wildman–Crippen MR) is 76.5 cm³/mol. The highest BCUT2D eigenvalue weighted by molar-refractivity contribution is 7.91. The number of hydrogen-bond donors (Lipinski definition) is 1. The first-order chi connectivity index (χ1) is 8.43. The van der Waals surface area contributed by atoms with Crippen molar-refractivity contribution in [3.8, 4) is 0 Å². The van der Waals surface area contributed by atoms with E-state index in [-0.39, 0.29) is 9.20 Å². The largest absolute Gasteiger partial charge is 0.389 e. The first-order valence-electron chi connectivity index (χ1n) is 5.32. The predicted octanol–water partition coefficient (Wildman–Crippen LogP) is 1.04. The molecule has 1 aromatic heterocycles. The first kappa shape index (κ1) is 15.5. The lowest BCUT2D eigenvalue weighted by Crippen LogP contribution is -2.33. The number of ether oxygens (including phenoxy) is 1. The van der Waals surface area contributed by atoms with Crippen molar-refractivity contribution in [3.05, 3.63) is 17.0 Å². The minimum absolute atomic E-state index is 0.210. The maximum absolute atomic E-state index is 12.3. The maximum atomic E-state index is 12.3. The SMILES string of the molecule is CCN(CCOC)S(=O)(=O)c1ccc(C(N)=S)s1. The van der Waals surface area contributed by atoms with Crippen molar-refractivity contribution in [2.75, 3.05) is 26.8 Å². The Morgan fingerprint density at radius 2 is 2.22 bits per heavy atom. The van der Waals surface area contributed by atoms with E-state index in [4.69, 9.17) is 22.7 Å². The van der Waals surface area contributed by atoms with Crippen LogP contribution >= 0.6 is 23.6 Å². The molecule has 102 valence electrons. The van der Waals surface area contributed by atoms with Crippen LogP contribution in [0.4, 0.5) is 0 Å². The third-order valence-electron chi connectivity index (χ3n) is 2.32. The minimum atomic E-state index is -3.48. The zero-order valence-electron chi connectivity index (χ0n) is 10.3. The quantitative estimate of drug-likeness (QED) is 0.762. The summed E-state index contributed by atoms with van der Waals surface area (Å²) in [6.45, 7) is 2.87. The fourth-order valence-corrected chi connectivity index (χ4v) is 4.30. The van der Waals surface area contributed by atoms with Crippen LogP contribution < -0.4 is 5.73 Å². The number of thiophene rings is 1. The molecule has 0 fully saturated rings. The standard InChI is InChI=1S/C10H16N2O3S3/c1-3-12(6-7-15-2)18(13,14)9-5-4-8(17-9)10(11)16/h4-5H,3,6-7H2,1-2H3,(H2,11,16). The Kier molecular flexibility index (Phi) is 5.67. The number of nitrogens with two attached hydrogens (primary N) is 1. The lowest BCUT2D eigenvalue weighted by atomic mass is 10.5. The molecule has 1 aromatic rings. The van der Waals surface area contributed by atoms with Gasteiger partial charge in [-0.05, 0) is 12.1 Å². The van der Waals surface area contributed by atoms with E-state index >= 15 is 0 Å². The molecule has 0 spiro atoms. The normalized spacial score (nSPS) is 11.9. The molecule has 8 heteroatoms. The van der Waals surface area contributed by atoms with Crippen LogP contribution in [0.1, 0.15) is 11.8 Å². The van der Waals surface area contributed by atoms with E-state index in [2.05, 4.69) is 0 Å². The van der Waals surface area contributed by atoms with Gasteiger partial charge in [-0.2, -0.15) is 4.31 Å². The van der Waals surface area contributed by atoms with Crippen LogP contribution in [0.3, 0.4) is 0 Å². The summed E-state index contributed by atoms with van der Waals surface area (Å²) in [5.74, 6) is 0. The Labute approximate surface area is 117 Å². The van der Waals surface area contributed by atoms with Crippen molar-refractivity contribution in [2.45, 2.75) is 11.1 Å². The second-order valence-corrected chi connectivity index (χ2v) is 7.16. The average molecular weight is 308 g/mol. The van der Waals surface area contributed by atoms with Gasteiger partial charge in [0.1, 0.15) is 9.20 Å². The molecule has 0 aliphatic rings. The molecule has 0 radical (unpaired) electrons. The summed E-state index contributed by atoms with van der Waals surface area (Å²) in [7, 11) is -1.94. The van der Waals surface area contributed by atoms with Crippen LogP contribution in [0.2, 0.25) is 0 Å². The Morgan fingerprint density at radius 3 is 2.67 bits per heavy atom. The molecular formula is C10H16N2O3S3. The molecule has 0 saturated heterocycles. The number of hydrogen-bond acceptors (Lipinski definition) is 5. The van der Waals surface area contributed by atoms with Gasteiger partial charge in [-0.3, -0.25) is 0 Å². The smallest absolute Gasteiger partial charge is 0.252 e. The number of likely N-dealkylation sites (N-methyl/N-ethyl adjacent to an activating group) is 1. The lowest BCUT2D eigenvalue weighted by Gasteiger charge is -2.18. The van der Waals surface area contributed by atoms with Gasteiger partial charge in [0.15, 0.2) is 0 Å². The molecule has 0 atom stereocenters. The van der Waals surface area contributed by atoms with Gasteiger partial charge in [-0.1, -0.05) is 19.1 Å². The molecule has 0 aliphatic carbocycles. The number of thiocarbonyl (C=S) groups is 1. The monoisotopic (exact) mass is 308 g/mol. The average Bonchev–Trinajstić information content (AvgIpc) is 2.79. The zero-order valence-corrected chi connectivity index (χ0v) is 12.7. The Bertz CT molecular complexity index is 510. The molecule has 0 amide bonds. The number of nitrogens with zero attached hydrogens (tertiary/aromatic N) is 1. The van der Waals surface area contributed by atoms with E-state index in [1.165, 1.54) is 17.5 Å². The van der Waals surface area contributed by atoms with Crippen LogP contribution in [-0.4, -0.2) is 44.5 Å². The summed E-state index contributed by atoms with van der Waals surface area (Å²) in [4.78, 5) is 0.813. The van der Waals surface area contributed by atoms with Crippen LogP contribution in [-0.2, 0) is 14.8 Å². The summed E-state index contributed by atoms with van der Waals surface area (Å²) in [5.41, 5.74) is 5.47. The molecule has 0 aliphatic heterocycles. The second-order valence-electron chi connectivity index (χ2n) is 3.47. The molecular weight excluding hydrogens is 292 g/mol. The van der Waals surface area contributed by atoms with E-state index in [1.54, 1.807) is 13.0 Å². The van der Waals surface area contributed by atoms with E-state index in [1.807, 2.05) is 0 Å². The van der Waals surface area contributed by atoms with Crippen LogP contribution in [0.15, 0.2) is 16.3 Å². The second kappa shape index (κ2) is 6.58. The zero-order chi connectivity index (χ0) is 13.8. The molecule has 2 N–H and O–H groups in total. The van der Waals surface area contributed by atoms with E-state index < -0.39 is 10.0 Å². The number of rotatable bonds is 7. The van der Waals surface area contributed by atoms with Crippen molar-refractivity contribution in [2.24, 2.45) is 5.73 Å². The van der Waals surface area contributed by atoms with E-state index in [0.717, 1.165) is 11.3 Å².